The molecule has 0 spiro atoms. The third-order valence-corrected chi connectivity index (χ3v) is 13.9. The lowest BCUT2D eigenvalue weighted by atomic mass is 9.36. The Morgan fingerprint density at radius 1 is 0.971 bits per heavy atom. The van der Waals surface area contributed by atoms with Gasteiger partial charge in [-0.2, -0.15) is 0 Å². The number of aliphatic hydroxyl groups is 2. The van der Waals surface area contributed by atoms with E-state index in [-0.39, 0.29) is 33.0 Å². The van der Waals surface area contributed by atoms with Gasteiger partial charge in [-0.1, -0.05) is 53.7 Å². The van der Waals surface area contributed by atoms with Crippen molar-refractivity contribution >= 4 is 5.97 Å². The average molecular weight is 471 g/mol. The lowest BCUT2D eigenvalue weighted by molar-refractivity contribution is -0.223. The van der Waals surface area contributed by atoms with Crippen molar-refractivity contribution in [2.24, 2.45) is 62.1 Å². The zero-order valence-electron chi connectivity index (χ0n) is 22.1. The standard InChI is InChI=1S/C30H46O4/c1-17-7-11-28(24(33)34)13-14-30-16-29(30,22(28)18(17)2)12-9-21-26(5)15-19(31)23(32)25(3,4)20(26)8-10-27(21,30)6/h9,12,17-23,31-32H,7-8,10-11,13-16H2,1-6H3,(H,33,34)/t17-,18+,19-,20+,21-,22-,23+,26+,27-,28+,29-,30-/m1/s1. The highest BCUT2D eigenvalue weighted by Crippen LogP contribution is 2.90. The summed E-state index contributed by atoms with van der Waals surface area (Å²) < 4.78 is 0. The highest BCUT2D eigenvalue weighted by molar-refractivity contribution is 5.76. The molecule has 0 bridgehead atoms. The van der Waals surface area contributed by atoms with Gasteiger partial charge in [0.25, 0.3) is 0 Å². The van der Waals surface area contributed by atoms with Crippen LogP contribution in [0.15, 0.2) is 12.2 Å². The SMILES string of the molecule is C[C@H]1[C@H](C)CC[C@]2(C(=O)O)CC[C@]34C[C@]3(C=C[C@@H]3[C@@]5(C)C[C@@H](O)[C@H](O)C(C)(C)[C@@H]5CC[C@]34C)[C@H]12. The molecule has 0 aliphatic heterocycles. The Balaban J connectivity index is 1.48. The van der Waals surface area contributed by atoms with Crippen LogP contribution in [0.2, 0.25) is 0 Å². The van der Waals surface area contributed by atoms with Crippen molar-refractivity contribution in [3.8, 4) is 0 Å². The smallest absolute Gasteiger partial charge is 0.309 e. The molecule has 34 heavy (non-hydrogen) atoms. The van der Waals surface area contributed by atoms with E-state index in [0.29, 0.717) is 30.1 Å². The minimum atomic E-state index is -0.680. The lowest BCUT2D eigenvalue weighted by Crippen LogP contribution is -2.65. The number of aliphatic carboxylic acids is 1. The summed E-state index contributed by atoms with van der Waals surface area (Å²) in [6.07, 6.45) is 11.4. The molecule has 5 fully saturated rings. The number of carboxylic acids is 1. The van der Waals surface area contributed by atoms with Crippen LogP contribution in [0.3, 0.4) is 0 Å². The van der Waals surface area contributed by atoms with Gasteiger partial charge in [0.05, 0.1) is 17.6 Å². The molecule has 190 valence electrons. The van der Waals surface area contributed by atoms with E-state index in [2.05, 4.69) is 53.7 Å². The van der Waals surface area contributed by atoms with Crippen LogP contribution in [0, 0.1) is 62.1 Å². The third-order valence-electron chi connectivity index (χ3n) is 13.9. The molecule has 0 aromatic rings. The maximum atomic E-state index is 12.9. The Morgan fingerprint density at radius 2 is 1.68 bits per heavy atom. The first-order valence-corrected chi connectivity index (χ1v) is 14.0. The molecule has 0 saturated heterocycles. The summed E-state index contributed by atoms with van der Waals surface area (Å²) in [5.41, 5.74) is -0.594. The van der Waals surface area contributed by atoms with Gasteiger partial charge in [0.15, 0.2) is 0 Å². The number of rotatable bonds is 1. The van der Waals surface area contributed by atoms with E-state index in [4.69, 9.17) is 0 Å². The Morgan fingerprint density at radius 3 is 2.35 bits per heavy atom. The molecular weight excluding hydrogens is 424 g/mol. The van der Waals surface area contributed by atoms with Gasteiger partial charge in [0.1, 0.15) is 0 Å². The van der Waals surface area contributed by atoms with Crippen molar-refractivity contribution in [2.75, 3.05) is 0 Å². The van der Waals surface area contributed by atoms with Crippen molar-refractivity contribution in [3.05, 3.63) is 12.2 Å². The summed E-state index contributed by atoms with van der Waals surface area (Å²) >= 11 is 0. The summed E-state index contributed by atoms with van der Waals surface area (Å²) in [4.78, 5) is 12.9. The van der Waals surface area contributed by atoms with Crippen LogP contribution in [-0.2, 0) is 4.79 Å². The minimum absolute atomic E-state index is 0.0223. The van der Waals surface area contributed by atoms with E-state index >= 15 is 0 Å². The molecule has 0 heterocycles. The number of hydrogen-bond donors (Lipinski definition) is 3. The summed E-state index contributed by atoms with van der Waals surface area (Å²) in [5.74, 6) is 1.42. The van der Waals surface area contributed by atoms with Crippen LogP contribution in [0.4, 0.5) is 0 Å². The van der Waals surface area contributed by atoms with Crippen LogP contribution in [0.25, 0.3) is 0 Å². The van der Waals surface area contributed by atoms with Crippen molar-refractivity contribution in [2.45, 2.75) is 105 Å². The molecule has 12 atom stereocenters. The fraction of sp³-hybridized carbons (Fsp3) is 0.900. The van der Waals surface area contributed by atoms with Gasteiger partial charge in [-0.3, -0.25) is 4.79 Å². The van der Waals surface area contributed by atoms with Crippen molar-refractivity contribution < 1.29 is 20.1 Å². The van der Waals surface area contributed by atoms with E-state index in [0.717, 1.165) is 44.9 Å². The molecule has 0 radical (unpaired) electrons. The molecule has 6 aliphatic carbocycles. The quantitative estimate of drug-likeness (QED) is 0.432. The minimum Gasteiger partial charge on any atom is -0.481 e. The van der Waals surface area contributed by atoms with Crippen molar-refractivity contribution in [1.29, 1.82) is 0 Å². The highest BCUT2D eigenvalue weighted by atomic mass is 16.4. The molecule has 4 nitrogen and oxygen atoms in total. The number of aliphatic hydroxyl groups excluding tert-OH is 2. The third kappa shape index (κ3) is 2.29. The van der Waals surface area contributed by atoms with Gasteiger partial charge in [0, 0.05) is 0 Å². The van der Waals surface area contributed by atoms with Crippen LogP contribution >= 0.6 is 0 Å². The monoisotopic (exact) mass is 470 g/mol. The Hall–Kier alpha value is -0.870. The first-order valence-electron chi connectivity index (χ1n) is 14.0. The molecule has 5 saturated carbocycles. The van der Waals surface area contributed by atoms with Gasteiger partial charge in [0.2, 0.25) is 0 Å². The number of hydrogen-bond acceptors (Lipinski definition) is 3. The Kier molecular flexibility index (Phi) is 4.51. The largest absolute Gasteiger partial charge is 0.481 e. The predicted molar refractivity (Wildman–Crippen MR) is 132 cm³/mol. The molecule has 0 aromatic carbocycles. The Labute approximate surface area is 205 Å². The molecule has 6 rings (SSSR count). The van der Waals surface area contributed by atoms with Gasteiger partial charge in [-0.05, 0) is 108 Å². The maximum absolute atomic E-state index is 12.9. The normalized spacial score (nSPS) is 61.2. The number of allylic oxidation sites excluding steroid dienone is 2. The van der Waals surface area contributed by atoms with E-state index < -0.39 is 23.6 Å². The second-order valence-electron chi connectivity index (χ2n) is 15.0. The number of fused-ring (bicyclic) bond motifs is 4. The molecular formula is C30H46O4. The van der Waals surface area contributed by atoms with Crippen LogP contribution in [0.1, 0.15) is 92.9 Å². The fourth-order valence-corrected chi connectivity index (χ4v) is 12.2. The molecule has 3 N–H and O–H groups in total. The van der Waals surface area contributed by atoms with Crippen LogP contribution in [0.5, 0.6) is 0 Å². The van der Waals surface area contributed by atoms with E-state index in [1.165, 1.54) is 0 Å². The first kappa shape index (κ1) is 23.5. The Bertz CT molecular complexity index is 955. The van der Waals surface area contributed by atoms with Crippen LogP contribution < -0.4 is 0 Å². The zero-order valence-corrected chi connectivity index (χ0v) is 22.1. The van der Waals surface area contributed by atoms with Gasteiger partial charge in [-0.25, -0.2) is 0 Å². The van der Waals surface area contributed by atoms with Crippen molar-refractivity contribution in [1.82, 2.24) is 0 Å². The summed E-state index contributed by atoms with van der Waals surface area (Å²) in [6, 6.07) is 0. The molecule has 0 amide bonds. The maximum Gasteiger partial charge on any atom is 0.309 e. The fourth-order valence-electron chi connectivity index (χ4n) is 12.2. The predicted octanol–water partition coefficient (Wildman–Crippen LogP) is 5.67. The number of carboxylic acid groups (broad SMARTS) is 1. The topological polar surface area (TPSA) is 77.8 Å². The second kappa shape index (κ2) is 6.52. The molecule has 4 heteroatoms. The van der Waals surface area contributed by atoms with E-state index in [1.54, 1.807) is 0 Å². The second-order valence-corrected chi connectivity index (χ2v) is 15.0. The molecule has 0 unspecified atom stereocenters. The summed E-state index contributed by atoms with van der Waals surface area (Å²) in [6.45, 7) is 13.9. The van der Waals surface area contributed by atoms with Gasteiger partial charge in [-0.15, -0.1) is 0 Å². The van der Waals surface area contributed by atoms with Crippen molar-refractivity contribution in [3.63, 3.8) is 0 Å². The summed E-state index contributed by atoms with van der Waals surface area (Å²) in [5, 5.41) is 32.5. The molecule has 6 aliphatic rings. The van der Waals surface area contributed by atoms with E-state index in [9.17, 15) is 20.1 Å². The van der Waals surface area contributed by atoms with E-state index in [1.807, 2.05) is 0 Å². The summed E-state index contributed by atoms with van der Waals surface area (Å²) in [7, 11) is 0. The average Bonchev–Trinajstić information content (AvgIpc) is 3.46. The zero-order chi connectivity index (χ0) is 24.7. The molecule has 0 aromatic heterocycles. The van der Waals surface area contributed by atoms with Crippen LogP contribution in [-0.4, -0.2) is 33.5 Å². The van der Waals surface area contributed by atoms with Gasteiger partial charge < -0.3 is 15.3 Å². The highest BCUT2D eigenvalue weighted by Gasteiger charge is 2.84. The lowest BCUT2D eigenvalue weighted by Gasteiger charge is -2.68. The van der Waals surface area contributed by atoms with Gasteiger partial charge >= 0.3 is 5.97 Å². The first-order chi connectivity index (χ1) is 15.7. The number of carbonyl (C=O) groups is 1.